The van der Waals surface area contributed by atoms with Crippen LogP contribution in [0.4, 0.5) is 0 Å². The van der Waals surface area contributed by atoms with Crippen LogP contribution in [0.3, 0.4) is 0 Å². The standard InChI is InChI=1S/C11H15N5/c1-2-15(3-1)4-5-16-8-11(12-9-16)10-6-13-14-7-10/h6-9H,1-5H2,(H,13,14). The van der Waals surface area contributed by atoms with Crippen molar-refractivity contribution >= 4 is 0 Å². The fourth-order valence-electron chi connectivity index (χ4n) is 1.88. The second-order valence-electron chi connectivity index (χ2n) is 4.18. The van der Waals surface area contributed by atoms with Gasteiger partial charge in [-0.05, 0) is 19.5 Å². The minimum absolute atomic E-state index is 0.984. The van der Waals surface area contributed by atoms with Gasteiger partial charge in [0.2, 0.25) is 0 Å². The maximum Gasteiger partial charge on any atom is 0.0954 e. The number of aromatic nitrogens is 4. The molecule has 0 radical (unpaired) electrons. The number of H-pyrrole nitrogens is 1. The Morgan fingerprint density at radius 3 is 2.94 bits per heavy atom. The first-order valence-corrected chi connectivity index (χ1v) is 5.65. The van der Waals surface area contributed by atoms with Crippen LogP contribution in [0.15, 0.2) is 24.9 Å². The molecule has 84 valence electrons. The van der Waals surface area contributed by atoms with Crippen molar-refractivity contribution in [1.29, 1.82) is 0 Å². The van der Waals surface area contributed by atoms with Gasteiger partial charge in [0.15, 0.2) is 0 Å². The van der Waals surface area contributed by atoms with E-state index in [0.717, 1.165) is 24.3 Å². The average Bonchev–Trinajstić information content (AvgIpc) is 2.84. The Morgan fingerprint density at radius 1 is 1.31 bits per heavy atom. The molecule has 5 heteroatoms. The molecule has 1 fully saturated rings. The first-order valence-electron chi connectivity index (χ1n) is 5.65. The number of hydrogen-bond donors (Lipinski definition) is 1. The Bertz CT molecular complexity index is 441. The van der Waals surface area contributed by atoms with Crippen molar-refractivity contribution in [3.05, 3.63) is 24.9 Å². The van der Waals surface area contributed by atoms with Crippen molar-refractivity contribution in [1.82, 2.24) is 24.6 Å². The van der Waals surface area contributed by atoms with E-state index in [1.165, 1.54) is 19.5 Å². The lowest BCUT2D eigenvalue weighted by molar-refractivity contribution is 0.174. The van der Waals surface area contributed by atoms with E-state index in [-0.39, 0.29) is 0 Å². The van der Waals surface area contributed by atoms with Crippen molar-refractivity contribution in [2.75, 3.05) is 19.6 Å². The molecule has 0 amide bonds. The van der Waals surface area contributed by atoms with E-state index in [1.54, 1.807) is 6.20 Å². The summed E-state index contributed by atoms with van der Waals surface area (Å²) in [5.41, 5.74) is 2.03. The second-order valence-corrected chi connectivity index (χ2v) is 4.18. The largest absolute Gasteiger partial charge is 0.336 e. The van der Waals surface area contributed by atoms with Gasteiger partial charge in [-0.2, -0.15) is 5.10 Å². The molecule has 0 unspecified atom stereocenters. The molecule has 1 aliphatic heterocycles. The zero-order chi connectivity index (χ0) is 10.8. The molecular formula is C11H15N5. The average molecular weight is 217 g/mol. The molecule has 1 saturated heterocycles. The summed E-state index contributed by atoms with van der Waals surface area (Å²) in [6, 6.07) is 0. The lowest BCUT2D eigenvalue weighted by Gasteiger charge is -2.30. The molecule has 0 saturated carbocycles. The topological polar surface area (TPSA) is 49.7 Å². The minimum Gasteiger partial charge on any atom is -0.336 e. The van der Waals surface area contributed by atoms with Crippen LogP contribution in [0.5, 0.6) is 0 Å². The molecule has 1 aliphatic rings. The smallest absolute Gasteiger partial charge is 0.0954 e. The van der Waals surface area contributed by atoms with Gasteiger partial charge in [0.25, 0.3) is 0 Å². The van der Waals surface area contributed by atoms with E-state index in [0.29, 0.717) is 0 Å². The summed E-state index contributed by atoms with van der Waals surface area (Å²) in [6.45, 7) is 4.65. The third-order valence-corrected chi connectivity index (χ3v) is 3.05. The van der Waals surface area contributed by atoms with Gasteiger partial charge in [-0.3, -0.25) is 5.10 Å². The van der Waals surface area contributed by atoms with Crippen molar-refractivity contribution in [2.24, 2.45) is 0 Å². The molecule has 2 aromatic heterocycles. The molecule has 16 heavy (non-hydrogen) atoms. The van der Waals surface area contributed by atoms with Crippen molar-refractivity contribution in [3.63, 3.8) is 0 Å². The Hall–Kier alpha value is -1.62. The van der Waals surface area contributed by atoms with Gasteiger partial charge in [0.1, 0.15) is 0 Å². The third kappa shape index (κ3) is 1.86. The molecule has 0 aliphatic carbocycles. The van der Waals surface area contributed by atoms with Gasteiger partial charge < -0.3 is 9.47 Å². The summed E-state index contributed by atoms with van der Waals surface area (Å²) in [7, 11) is 0. The van der Waals surface area contributed by atoms with Crippen LogP contribution in [0.2, 0.25) is 0 Å². The van der Waals surface area contributed by atoms with Gasteiger partial charge in [-0.25, -0.2) is 4.98 Å². The Kier molecular flexibility index (Phi) is 2.46. The van der Waals surface area contributed by atoms with E-state index >= 15 is 0 Å². The molecule has 1 N–H and O–H groups in total. The number of hydrogen-bond acceptors (Lipinski definition) is 3. The number of rotatable bonds is 4. The van der Waals surface area contributed by atoms with E-state index in [9.17, 15) is 0 Å². The molecule has 0 aromatic carbocycles. The summed E-state index contributed by atoms with van der Waals surface area (Å²) in [5, 5.41) is 6.72. The van der Waals surface area contributed by atoms with Crippen LogP contribution in [0.25, 0.3) is 11.3 Å². The highest BCUT2D eigenvalue weighted by Crippen LogP contribution is 2.14. The van der Waals surface area contributed by atoms with Crippen molar-refractivity contribution < 1.29 is 0 Å². The molecule has 5 nitrogen and oxygen atoms in total. The summed E-state index contributed by atoms with van der Waals surface area (Å²) in [4.78, 5) is 6.82. The maximum absolute atomic E-state index is 4.36. The van der Waals surface area contributed by atoms with E-state index in [2.05, 4.69) is 30.8 Å². The quantitative estimate of drug-likeness (QED) is 0.830. The highest BCUT2D eigenvalue weighted by molar-refractivity contribution is 5.55. The number of likely N-dealkylation sites (tertiary alicyclic amines) is 1. The fraction of sp³-hybridized carbons (Fsp3) is 0.455. The van der Waals surface area contributed by atoms with E-state index in [1.807, 2.05) is 12.5 Å². The van der Waals surface area contributed by atoms with Gasteiger partial charge in [0.05, 0.1) is 18.2 Å². The fourth-order valence-corrected chi connectivity index (χ4v) is 1.88. The SMILES string of the molecule is c1n[nH]cc1-c1cn(CCN2CCC2)cn1. The van der Waals surface area contributed by atoms with Gasteiger partial charge >= 0.3 is 0 Å². The predicted octanol–water partition coefficient (Wildman–Crippen LogP) is 0.979. The molecular weight excluding hydrogens is 202 g/mol. The van der Waals surface area contributed by atoms with Crippen molar-refractivity contribution in [2.45, 2.75) is 13.0 Å². The Balaban J connectivity index is 1.63. The maximum atomic E-state index is 4.36. The van der Waals surface area contributed by atoms with Gasteiger partial charge in [-0.1, -0.05) is 0 Å². The first-order chi connectivity index (χ1) is 7.92. The van der Waals surface area contributed by atoms with Crippen LogP contribution in [-0.4, -0.2) is 44.3 Å². The number of aromatic amines is 1. The van der Waals surface area contributed by atoms with Crippen LogP contribution in [0.1, 0.15) is 6.42 Å². The Morgan fingerprint density at radius 2 is 2.25 bits per heavy atom. The van der Waals surface area contributed by atoms with Gasteiger partial charge in [-0.15, -0.1) is 0 Å². The van der Waals surface area contributed by atoms with Crippen LogP contribution < -0.4 is 0 Å². The molecule has 2 aromatic rings. The molecule has 3 heterocycles. The van der Waals surface area contributed by atoms with E-state index in [4.69, 9.17) is 0 Å². The zero-order valence-corrected chi connectivity index (χ0v) is 9.13. The first kappa shape index (κ1) is 9.59. The lowest BCUT2D eigenvalue weighted by atomic mass is 10.2. The minimum atomic E-state index is 0.984. The van der Waals surface area contributed by atoms with Crippen LogP contribution in [-0.2, 0) is 6.54 Å². The predicted molar refractivity (Wildman–Crippen MR) is 60.9 cm³/mol. The molecule has 3 rings (SSSR count). The molecule has 0 spiro atoms. The van der Waals surface area contributed by atoms with Crippen molar-refractivity contribution in [3.8, 4) is 11.3 Å². The number of nitrogens with one attached hydrogen (secondary N) is 1. The molecule has 0 atom stereocenters. The zero-order valence-electron chi connectivity index (χ0n) is 9.13. The normalized spacial score (nSPS) is 16.2. The highest BCUT2D eigenvalue weighted by Gasteiger charge is 2.12. The summed E-state index contributed by atoms with van der Waals surface area (Å²) in [5.74, 6) is 0. The summed E-state index contributed by atoms with van der Waals surface area (Å²) in [6.07, 6.45) is 8.97. The van der Waals surface area contributed by atoms with Crippen LogP contribution >= 0.6 is 0 Å². The number of nitrogens with zero attached hydrogens (tertiary/aromatic N) is 4. The molecule has 0 bridgehead atoms. The highest BCUT2D eigenvalue weighted by atomic mass is 15.2. The summed E-state index contributed by atoms with van der Waals surface area (Å²) >= 11 is 0. The number of imidazole rings is 1. The van der Waals surface area contributed by atoms with Crippen LogP contribution in [0, 0.1) is 0 Å². The lowest BCUT2D eigenvalue weighted by Crippen LogP contribution is -2.39. The van der Waals surface area contributed by atoms with Gasteiger partial charge in [0, 0.05) is 31.0 Å². The summed E-state index contributed by atoms with van der Waals surface area (Å²) < 4.78 is 2.14. The van der Waals surface area contributed by atoms with E-state index < -0.39 is 0 Å². The monoisotopic (exact) mass is 217 g/mol. The third-order valence-electron chi connectivity index (χ3n) is 3.05. The second kappa shape index (κ2) is 4.09. The Labute approximate surface area is 94.1 Å².